The van der Waals surface area contributed by atoms with Crippen molar-refractivity contribution in [2.24, 2.45) is 0 Å². The quantitative estimate of drug-likeness (QED) is 0.595. The lowest BCUT2D eigenvalue weighted by molar-refractivity contribution is -0.121. The molecule has 0 spiro atoms. The summed E-state index contributed by atoms with van der Waals surface area (Å²) in [5.41, 5.74) is 0.959. The summed E-state index contributed by atoms with van der Waals surface area (Å²) in [6.45, 7) is 2.68. The van der Waals surface area contributed by atoms with Crippen molar-refractivity contribution in [2.45, 2.75) is 32.6 Å². The molecular weight excluding hydrogens is 284 g/mol. The van der Waals surface area contributed by atoms with Crippen molar-refractivity contribution < 1.29 is 19.1 Å². The van der Waals surface area contributed by atoms with Crippen molar-refractivity contribution in [3.05, 3.63) is 23.8 Å². The molecule has 0 saturated carbocycles. The maximum atomic E-state index is 12.1. The van der Waals surface area contributed by atoms with Crippen LogP contribution >= 0.6 is 0 Å². The minimum absolute atomic E-state index is 0.0157. The van der Waals surface area contributed by atoms with Gasteiger partial charge in [-0.05, 0) is 24.6 Å². The number of nitrogens with one attached hydrogen (secondary N) is 2. The third-order valence-electron chi connectivity index (χ3n) is 3.37. The molecule has 0 saturated heterocycles. The summed E-state index contributed by atoms with van der Waals surface area (Å²) in [7, 11) is 0. The molecule has 1 aliphatic heterocycles. The highest BCUT2D eigenvalue weighted by molar-refractivity contribution is 6.01. The predicted octanol–water partition coefficient (Wildman–Crippen LogP) is 1.90. The molecular formula is C16H20N2O4. The van der Waals surface area contributed by atoms with E-state index in [0.29, 0.717) is 23.5 Å². The number of fused-ring (bicyclic) bond motifs is 1. The summed E-state index contributed by atoms with van der Waals surface area (Å²) in [5, 5.41) is 5.44. The van der Waals surface area contributed by atoms with Crippen molar-refractivity contribution in [2.75, 3.05) is 18.5 Å². The number of hydrogen-bond donors (Lipinski definition) is 2. The number of ketones is 1. The summed E-state index contributed by atoms with van der Waals surface area (Å²) in [6.07, 6.45) is 2.26. The Morgan fingerprint density at radius 1 is 1.32 bits per heavy atom. The van der Waals surface area contributed by atoms with Crippen molar-refractivity contribution in [1.29, 1.82) is 0 Å². The number of benzene rings is 1. The van der Waals surface area contributed by atoms with Crippen LogP contribution in [0.3, 0.4) is 0 Å². The van der Waals surface area contributed by atoms with Gasteiger partial charge in [-0.2, -0.15) is 0 Å². The molecule has 2 amide bonds. The van der Waals surface area contributed by atoms with Crippen LogP contribution in [0, 0.1) is 0 Å². The van der Waals surface area contributed by atoms with Gasteiger partial charge in [-0.15, -0.1) is 0 Å². The highest BCUT2D eigenvalue weighted by Gasteiger charge is 2.18. The molecule has 1 aliphatic rings. The van der Waals surface area contributed by atoms with Crippen LogP contribution in [0.25, 0.3) is 0 Å². The summed E-state index contributed by atoms with van der Waals surface area (Å²) in [6, 6.07) is 4.89. The first-order chi connectivity index (χ1) is 10.6. The van der Waals surface area contributed by atoms with E-state index >= 15 is 0 Å². The smallest absolute Gasteiger partial charge is 0.262 e. The molecule has 2 N–H and O–H groups in total. The third kappa shape index (κ3) is 4.31. The van der Waals surface area contributed by atoms with Gasteiger partial charge in [0.2, 0.25) is 5.91 Å². The molecule has 0 bridgehead atoms. The Morgan fingerprint density at radius 2 is 2.14 bits per heavy atom. The molecule has 0 fully saturated rings. The first kappa shape index (κ1) is 16.0. The van der Waals surface area contributed by atoms with E-state index in [1.807, 2.05) is 6.92 Å². The monoisotopic (exact) mass is 304 g/mol. The minimum atomic E-state index is -0.243. The van der Waals surface area contributed by atoms with Crippen LogP contribution in [0.1, 0.15) is 43.0 Å². The molecule has 0 radical (unpaired) electrons. The second kappa shape index (κ2) is 7.59. The van der Waals surface area contributed by atoms with Crippen molar-refractivity contribution in [3.63, 3.8) is 0 Å². The number of hydrogen-bond acceptors (Lipinski definition) is 4. The highest BCUT2D eigenvalue weighted by Crippen LogP contribution is 2.28. The van der Waals surface area contributed by atoms with E-state index in [9.17, 15) is 14.4 Å². The van der Waals surface area contributed by atoms with E-state index < -0.39 is 0 Å². The molecule has 0 unspecified atom stereocenters. The molecule has 6 heteroatoms. The van der Waals surface area contributed by atoms with Crippen LogP contribution in [0.2, 0.25) is 0 Å². The van der Waals surface area contributed by atoms with Gasteiger partial charge < -0.3 is 15.4 Å². The number of amides is 2. The molecule has 22 heavy (non-hydrogen) atoms. The number of anilines is 1. The molecule has 118 valence electrons. The van der Waals surface area contributed by atoms with Gasteiger partial charge in [0, 0.05) is 24.9 Å². The topological polar surface area (TPSA) is 84.5 Å². The van der Waals surface area contributed by atoms with E-state index in [1.165, 1.54) is 0 Å². The molecule has 2 rings (SSSR count). The third-order valence-corrected chi connectivity index (χ3v) is 3.37. The second-order valence-corrected chi connectivity index (χ2v) is 5.17. The fourth-order valence-corrected chi connectivity index (χ4v) is 2.12. The number of unbranched alkanes of at least 4 members (excludes halogenated alkanes) is 1. The first-order valence-corrected chi connectivity index (χ1v) is 7.46. The van der Waals surface area contributed by atoms with Gasteiger partial charge in [0.15, 0.2) is 12.4 Å². The van der Waals surface area contributed by atoms with Crippen LogP contribution < -0.4 is 15.4 Å². The average molecular weight is 304 g/mol. The average Bonchev–Trinajstić information content (AvgIpc) is 2.52. The fourth-order valence-electron chi connectivity index (χ4n) is 2.12. The molecule has 1 aromatic rings. The van der Waals surface area contributed by atoms with E-state index in [2.05, 4.69) is 10.6 Å². The number of carbonyl (C=O) groups is 3. The summed E-state index contributed by atoms with van der Waals surface area (Å²) in [4.78, 5) is 35.0. The van der Waals surface area contributed by atoms with Gasteiger partial charge in [0.1, 0.15) is 5.75 Å². The Hall–Kier alpha value is -2.37. The number of ether oxygens (including phenoxy) is 1. The van der Waals surface area contributed by atoms with Gasteiger partial charge in [0.25, 0.3) is 5.91 Å². The molecule has 0 atom stereocenters. The van der Waals surface area contributed by atoms with Gasteiger partial charge in [0.05, 0.1) is 5.69 Å². The number of rotatable bonds is 7. The summed E-state index contributed by atoms with van der Waals surface area (Å²) >= 11 is 0. The Kier molecular flexibility index (Phi) is 5.52. The Morgan fingerprint density at radius 3 is 2.91 bits per heavy atom. The zero-order valence-corrected chi connectivity index (χ0v) is 12.6. The van der Waals surface area contributed by atoms with Crippen LogP contribution in [-0.2, 0) is 9.59 Å². The van der Waals surface area contributed by atoms with Crippen LogP contribution in [-0.4, -0.2) is 30.7 Å². The van der Waals surface area contributed by atoms with E-state index in [4.69, 9.17) is 4.74 Å². The van der Waals surface area contributed by atoms with Crippen LogP contribution in [0.15, 0.2) is 18.2 Å². The predicted molar refractivity (Wildman–Crippen MR) is 82.0 cm³/mol. The number of carbonyl (C=O) groups excluding carboxylic acids is 3. The Bertz CT molecular complexity index is 584. The molecule has 0 aliphatic carbocycles. The Labute approximate surface area is 129 Å². The molecule has 0 aromatic heterocycles. The SMILES string of the molecule is CCCCNC(=O)CCC(=O)c1ccc2c(c1)NC(=O)CO2. The number of Topliss-reactive ketones (excluding diaryl/α,β-unsaturated/α-hetero) is 1. The van der Waals surface area contributed by atoms with Gasteiger partial charge >= 0.3 is 0 Å². The zero-order valence-electron chi connectivity index (χ0n) is 12.6. The van der Waals surface area contributed by atoms with Crippen molar-refractivity contribution in [1.82, 2.24) is 5.32 Å². The van der Waals surface area contributed by atoms with Crippen LogP contribution in [0.4, 0.5) is 5.69 Å². The van der Waals surface area contributed by atoms with Gasteiger partial charge in [-0.25, -0.2) is 0 Å². The maximum absolute atomic E-state index is 12.1. The van der Waals surface area contributed by atoms with E-state index in [-0.39, 0.29) is 37.0 Å². The zero-order chi connectivity index (χ0) is 15.9. The fraction of sp³-hybridized carbons (Fsp3) is 0.438. The molecule has 1 aromatic carbocycles. The maximum Gasteiger partial charge on any atom is 0.262 e. The van der Waals surface area contributed by atoms with Crippen molar-refractivity contribution >= 4 is 23.3 Å². The Balaban J connectivity index is 1.89. The lowest BCUT2D eigenvalue weighted by Gasteiger charge is -2.18. The van der Waals surface area contributed by atoms with Gasteiger partial charge in [-0.1, -0.05) is 13.3 Å². The normalized spacial score (nSPS) is 12.9. The summed E-state index contributed by atoms with van der Waals surface area (Å²) in [5.74, 6) is 0.0607. The molecule has 6 nitrogen and oxygen atoms in total. The lowest BCUT2D eigenvalue weighted by atomic mass is 10.0. The first-order valence-electron chi connectivity index (χ1n) is 7.46. The van der Waals surface area contributed by atoms with Gasteiger partial charge in [-0.3, -0.25) is 14.4 Å². The highest BCUT2D eigenvalue weighted by atomic mass is 16.5. The standard InChI is InChI=1S/C16H20N2O4/c1-2-3-8-17-15(20)7-5-13(19)11-4-6-14-12(9-11)18-16(21)10-22-14/h4,6,9H,2-3,5,7-8,10H2,1H3,(H,17,20)(H,18,21). The van der Waals surface area contributed by atoms with E-state index in [0.717, 1.165) is 12.8 Å². The van der Waals surface area contributed by atoms with Crippen LogP contribution in [0.5, 0.6) is 5.75 Å². The lowest BCUT2D eigenvalue weighted by Crippen LogP contribution is -2.26. The second-order valence-electron chi connectivity index (χ2n) is 5.17. The van der Waals surface area contributed by atoms with Crippen molar-refractivity contribution in [3.8, 4) is 5.75 Å². The van der Waals surface area contributed by atoms with E-state index in [1.54, 1.807) is 18.2 Å². The molecule has 1 heterocycles. The largest absolute Gasteiger partial charge is 0.482 e. The summed E-state index contributed by atoms with van der Waals surface area (Å²) < 4.78 is 5.24. The minimum Gasteiger partial charge on any atom is -0.482 e.